The monoisotopic (exact) mass is 405 g/mol. The zero-order valence-electron chi connectivity index (χ0n) is 16.8. The standard InChI is InChI=1S/C23H23N3O2S/c1-23(2,3)15-11-19-20(13-7-4-5-10-18(13)28-19)14(22(15)27)12-24-16-8-6-9-17-21(16)26-29-25-17/h6,8-9,11-12,27H,4-5,7,10H2,1-3H3. The number of aryl methyl sites for hydroxylation is 2. The van der Waals surface area contributed by atoms with Crippen molar-refractivity contribution in [1.82, 2.24) is 8.75 Å². The van der Waals surface area contributed by atoms with E-state index in [1.54, 1.807) is 6.21 Å². The van der Waals surface area contributed by atoms with Gasteiger partial charge in [-0.15, -0.1) is 0 Å². The van der Waals surface area contributed by atoms with Crippen LogP contribution in [0.15, 0.2) is 33.7 Å². The molecule has 0 bridgehead atoms. The van der Waals surface area contributed by atoms with Crippen LogP contribution in [0.4, 0.5) is 5.69 Å². The van der Waals surface area contributed by atoms with E-state index >= 15 is 0 Å². The fourth-order valence-corrected chi connectivity index (χ4v) is 4.72. The molecule has 29 heavy (non-hydrogen) atoms. The number of furan rings is 1. The Balaban J connectivity index is 1.75. The molecule has 2 heterocycles. The molecule has 0 saturated carbocycles. The summed E-state index contributed by atoms with van der Waals surface area (Å²) in [5, 5.41) is 12.2. The molecule has 1 N–H and O–H groups in total. The Morgan fingerprint density at radius 3 is 2.83 bits per heavy atom. The fraction of sp³-hybridized carbons (Fsp3) is 0.348. The molecule has 0 spiro atoms. The highest BCUT2D eigenvalue weighted by Gasteiger charge is 2.27. The van der Waals surface area contributed by atoms with E-state index in [2.05, 4.69) is 29.5 Å². The van der Waals surface area contributed by atoms with Crippen LogP contribution in [0.3, 0.4) is 0 Å². The Hall–Kier alpha value is -2.73. The summed E-state index contributed by atoms with van der Waals surface area (Å²) in [7, 11) is 0. The maximum Gasteiger partial charge on any atom is 0.135 e. The van der Waals surface area contributed by atoms with Crippen LogP contribution in [-0.4, -0.2) is 20.1 Å². The second-order valence-electron chi connectivity index (χ2n) is 8.69. The lowest BCUT2D eigenvalue weighted by atomic mass is 9.83. The molecular formula is C23H23N3O2S. The van der Waals surface area contributed by atoms with Crippen molar-refractivity contribution in [2.24, 2.45) is 4.99 Å². The number of phenols is 1. The molecule has 2 aromatic heterocycles. The molecule has 148 valence electrons. The van der Waals surface area contributed by atoms with Crippen molar-refractivity contribution in [2.45, 2.75) is 51.9 Å². The maximum absolute atomic E-state index is 11.2. The molecule has 0 radical (unpaired) electrons. The van der Waals surface area contributed by atoms with E-state index in [-0.39, 0.29) is 11.2 Å². The molecule has 0 saturated heterocycles. The predicted octanol–water partition coefficient (Wildman–Crippen LogP) is 6.07. The van der Waals surface area contributed by atoms with Gasteiger partial charge in [0.25, 0.3) is 0 Å². The second kappa shape index (κ2) is 6.66. The average Bonchev–Trinajstić information content (AvgIpc) is 3.30. The summed E-state index contributed by atoms with van der Waals surface area (Å²) >= 11 is 1.18. The highest BCUT2D eigenvalue weighted by Crippen LogP contribution is 2.42. The second-order valence-corrected chi connectivity index (χ2v) is 9.22. The molecule has 5 rings (SSSR count). The minimum Gasteiger partial charge on any atom is -0.507 e. The first-order valence-corrected chi connectivity index (χ1v) is 10.7. The highest BCUT2D eigenvalue weighted by atomic mass is 32.1. The van der Waals surface area contributed by atoms with Crippen molar-refractivity contribution in [3.63, 3.8) is 0 Å². The topological polar surface area (TPSA) is 71.5 Å². The quantitative estimate of drug-likeness (QED) is 0.411. The van der Waals surface area contributed by atoms with Crippen LogP contribution in [0.5, 0.6) is 5.75 Å². The smallest absolute Gasteiger partial charge is 0.135 e. The van der Waals surface area contributed by atoms with Crippen LogP contribution in [-0.2, 0) is 18.3 Å². The molecule has 0 unspecified atom stereocenters. The number of hydrogen-bond donors (Lipinski definition) is 1. The number of hydrogen-bond acceptors (Lipinski definition) is 6. The van der Waals surface area contributed by atoms with E-state index in [1.807, 2.05) is 24.3 Å². The summed E-state index contributed by atoms with van der Waals surface area (Å²) in [6.45, 7) is 6.29. The average molecular weight is 406 g/mol. The van der Waals surface area contributed by atoms with Crippen LogP contribution in [0, 0.1) is 0 Å². The van der Waals surface area contributed by atoms with Gasteiger partial charge in [0.05, 0.1) is 17.4 Å². The maximum atomic E-state index is 11.2. The molecule has 0 fully saturated rings. The Bertz CT molecular complexity index is 1260. The number of benzene rings is 2. The van der Waals surface area contributed by atoms with Gasteiger partial charge in [0, 0.05) is 34.7 Å². The van der Waals surface area contributed by atoms with Gasteiger partial charge in [0.15, 0.2) is 0 Å². The number of aromatic hydroxyl groups is 1. The van der Waals surface area contributed by atoms with E-state index in [0.29, 0.717) is 0 Å². The Labute approximate surface area is 173 Å². The first-order valence-electron chi connectivity index (χ1n) is 9.99. The summed E-state index contributed by atoms with van der Waals surface area (Å²) in [6.07, 6.45) is 5.99. The minimum atomic E-state index is -0.215. The Kier molecular flexibility index (Phi) is 4.21. The van der Waals surface area contributed by atoms with Gasteiger partial charge in [-0.3, -0.25) is 4.99 Å². The van der Waals surface area contributed by atoms with E-state index in [9.17, 15) is 5.11 Å². The van der Waals surface area contributed by atoms with Gasteiger partial charge in [-0.2, -0.15) is 8.75 Å². The van der Waals surface area contributed by atoms with E-state index in [4.69, 9.17) is 9.41 Å². The third kappa shape index (κ3) is 3.02. The molecule has 0 aliphatic heterocycles. The first-order chi connectivity index (χ1) is 13.9. The van der Waals surface area contributed by atoms with E-state index < -0.39 is 0 Å². The minimum absolute atomic E-state index is 0.215. The third-order valence-corrected chi connectivity index (χ3v) is 6.20. The Morgan fingerprint density at radius 2 is 2.00 bits per heavy atom. The fourth-order valence-electron chi connectivity index (χ4n) is 4.17. The van der Waals surface area contributed by atoms with Crippen molar-refractivity contribution in [3.8, 4) is 5.75 Å². The molecule has 1 aliphatic rings. The molecule has 2 aromatic carbocycles. The summed E-state index contributed by atoms with van der Waals surface area (Å²) < 4.78 is 14.9. The normalized spacial score (nSPS) is 14.9. The van der Waals surface area contributed by atoms with E-state index in [0.717, 1.165) is 70.3 Å². The number of fused-ring (bicyclic) bond motifs is 4. The lowest BCUT2D eigenvalue weighted by molar-refractivity contribution is 0.446. The summed E-state index contributed by atoms with van der Waals surface area (Å²) in [5.41, 5.74) is 5.82. The Morgan fingerprint density at radius 1 is 1.17 bits per heavy atom. The summed E-state index contributed by atoms with van der Waals surface area (Å²) in [5.74, 6) is 1.34. The van der Waals surface area contributed by atoms with Crippen molar-refractivity contribution < 1.29 is 9.52 Å². The molecule has 4 aromatic rings. The van der Waals surface area contributed by atoms with Crippen LogP contribution in [0.2, 0.25) is 0 Å². The summed E-state index contributed by atoms with van der Waals surface area (Å²) in [6, 6.07) is 7.79. The van der Waals surface area contributed by atoms with Gasteiger partial charge in [0.2, 0.25) is 0 Å². The zero-order chi connectivity index (χ0) is 20.2. The molecule has 5 nitrogen and oxygen atoms in total. The number of aromatic nitrogens is 2. The lowest BCUT2D eigenvalue weighted by Gasteiger charge is -2.21. The zero-order valence-corrected chi connectivity index (χ0v) is 17.6. The van der Waals surface area contributed by atoms with E-state index in [1.165, 1.54) is 17.3 Å². The van der Waals surface area contributed by atoms with Crippen molar-refractivity contribution in [3.05, 3.63) is 46.7 Å². The number of aliphatic imine (C=N–C) groups is 1. The van der Waals surface area contributed by atoms with Gasteiger partial charge in [-0.25, -0.2) is 0 Å². The van der Waals surface area contributed by atoms with Crippen LogP contribution in [0.1, 0.15) is 56.1 Å². The number of nitrogens with zero attached hydrogens (tertiary/aromatic N) is 3. The largest absolute Gasteiger partial charge is 0.507 e. The molecule has 0 amide bonds. The lowest BCUT2D eigenvalue weighted by Crippen LogP contribution is -2.12. The van der Waals surface area contributed by atoms with Crippen LogP contribution >= 0.6 is 11.7 Å². The third-order valence-electron chi connectivity index (χ3n) is 5.66. The van der Waals surface area contributed by atoms with Gasteiger partial charge < -0.3 is 9.52 Å². The van der Waals surface area contributed by atoms with Crippen LogP contribution in [0.25, 0.3) is 22.0 Å². The molecule has 0 atom stereocenters. The summed E-state index contributed by atoms with van der Waals surface area (Å²) in [4.78, 5) is 4.72. The number of phenolic OH excluding ortho intramolecular Hbond substituents is 1. The van der Waals surface area contributed by atoms with Crippen LogP contribution < -0.4 is 0 Å². The highest BCUT2D eigenvalue weighted by molar-refractivity contribution is 7.00. The first kappa shape index (κ1) is 18.3. The SMILES string of the molecule is CC(C)(C)c1cc2oc3c(c2c(C=Nc2cccc4nsnc24)c1O)CCCC3. The van der Waals surface area contributed by atoms with Crippen molar-refractivity contribution in [1.29, 1.82) is 0 Å². The number of rotatable bonds is 2. The predicted molar refractivity (Wildman–Crippen MR) is 118 cm³/mol. The van der Waals surface area contributed by atoms with Gasteiger partial charge in [-0.1, -0.05) is 26.8 Å². The van der Waals surface area contributed by atoms with Gasteiger partial charge >= 0.3 is 0 Å². The molecule has 1 aliphatic carbocycles. The van der Waals surface area contributed by atoms with Crippen molar-refractivity contribution in [2.75, 3.05) is 0 Å². The molecular weight excluding hydrogens is 382 g/mol. The van der Waals surface area contributed by atoms with Gasteiger partial charge in [0.1, 0.15) is 28.1 Å². The van der Waals surface area contributed by atoms with Crippen molar-refractivity contribution >= 4 is 45.6 Å². The van der Waals surface area contributed by atoms with Gasteiger partial charge in [-0.05, 0) is 42.9 Å². The molecule has 6 heteroatoms.